The van der Waals surface area contributed by atoms with Crippen molar-refractivity contribution in [3.63, 3.8) is 0 Å². The fourth-order valence-electron chi connectivity index (χ4n) is 1.93. The van der Waals surface area contributed by atoms with E-state index in [-0.39, 0.29) is 0 Å². The molecule has 0 amide bonds. The van der Waals surface area contributed by atoms with E-state index in [2.05, 4.69) is 25.8 Å². The van der Waals surface area contributed by atoms with Gasteiger partial charge in [-0.25, -0.2) is 0 Å². The molecule has 0 bridgehead atoms. The lowest BCUT2D eigenvalue weighted by molar-refractivity contribution is 1.12. The molecule has 0 fully saturated rings. The van der Waals surface area contributed by atoms with E-state index in [0.717, 1.165) is 12.8 Å². The normalized spacial score (nSPS) is 23.0. The van der Waals surface area contributed by atoms with Gasteiger partial charge in [0.2, 0.25) is 0 Å². The Morgan fingerprint density at radius 1 is 1.00 bits per heavy atom. The highest BCUT2D eigenvalue weighted by Gasteiger charge is 2.23. The minimum absolute atomic E-state index is 1.10. The number of aliphatic imine (C=N–C) groups is 1. The Balaban J connectivity index is 2.50. The van der Waals surface area contributed by atoms with Gasteiger partial charge in [-0.1, -0.05) is 5.57 Å². The fraction of sp³-hybridized carbons (Fsp3) is 0.500. The monoisotopic (exact) mass is 147 g/mol. The van der Waals surface area contributed by atoms with E-state index in [1.54, 1.807) is 0 Å². The van der Waals surface area contributed by atoms with Crippen LogP contribution in [0.25, 0.3) is 0 Å². The van der Waals surface area contributed by atoms with Crippen LogP contribution in [0.15, 0.2) is 27.4 Å². The zero-order valence-corrected chi connectivity index (χ0v) is 7.36. The molecule has 1 aliphatic carbocycles. The van der Waals surface area contributed by atoms with Gasteiger partial charge in [-0.2, -0.15) is 0 Å². The smallest absolute Gasteiger partial charge is 0.0656 e. The van der Waals surface area contributed by atoms with Crippen LogP contribution in [0.5, 0.6) is 0 Å². The van der Waals surface area contributed by atoms with Crippen molar-refractivity contribution in [2.45, 2.75) is 33.6 Å². The van der Waals surface area contributed by atoms with Crippen molar-refractivity contribution >= 4 is 5.71 Å². The summed E-state index contributed by atoms with van der Waals surface area (Å²) >= 11 is 0. The first-order chi connectivity index (χ1) is 5.18. The van der Waals surface area contributed by atoms with Crippen LogP contribution in [0.1, 0.15) is 33.6 Å². The minimum atomic E-state index is 1.10. The molecule has 58 valence electrons. The Morgan fingerprint density at radius 2 is 1.73 bits per heavy atom. The molecule has 1 heteroatoms. The average molecular weight is 147 g/mol. The molecule has 1 nitrogen and oxygen atoms in total. The Morgan fingerprint density at radius 3 is 2.36 bits per heavy atom. The van der Waals surface area contributed by atoms with Crippen LogP contribution in [0.4, 0.5) is 0 Å². The molecule has 0 aromatic carbocycles. The molecule has 1 heterocycles. The van der Waals surface area contributed by atoms with E-state index in [9.17, 15) is 0 Å². The molecule has 2 rings (SSSR count). The Labute approximate surface area is 67.5 Å². The van der Waals surface area contributed by atoms with Crippen molar-refractivity contribution in [1.82, 2.24) is 0 Å². The van der Waals surface area contributed by atoms with E-state index in [4.69, 9.17) is 0 Å². The van der Waals surface area contributed by atoms with Crippen molar-refractivity contribution in [3.05, 3.63) is 22.4 Å². The SMILES string of the molecule is CC1=NC2=C(C)CC(C)=C2C1. The van der Waals surface area contributed by atoms with Crippen LogP contribution in [-0.4, -0.2) is 5.71 Å². The highest BCUT2D eigenvalue weighted by Crippen LogP contribution is 2.38. The van der Waals surface area contributed by atoms with Crippen molar-refractivity contribution in [2.75, 3.05) is 0 Å². The quantitative estimate of drug-likeness (QED) is 0.499. The summed E-state index contributed by atoms with van der Waals surface area (Å²) < 4.78 is 0. The second-order valence-electron chi connectivity index (χ2n) is 3.59. The van der Waals surface area contributed by atoms with Crippen LogP contribution < -0.4 is 0 Å². The summed E-state index contributed by atoms with van der Waals surface area (Å²) in [5.74, 6) is 0. The summed E-state index contributed by atoms with van der Waals surface area (Å²) in [6.45, 7) is 6.52. The van der Waals surface area contributed by atoms with Crippen LogP contribution in [0.3, 0.4) is 0 Å². The van der Waals surface area contributed by atoms with Gasteiger partial charge < -0.3 is 0 Å². The van der Waals surface area contributed by atoms with Gasteiger partial charge in [-0.15, -0.1) is 0 Å². The molecule has 0 unspecified atom stereocenters. The molecular weight excluding hydrogens is 134 g/mol. The lowest BCUT2D eigenvalue weighted by atomic mass is 10.1. The Hall–Kier alpha value is -0.850. The standard InChI is InChI=1S/C10H13N/c1-6-4-7(2)10-9(6)5-8(3)11-10/h4-5H2,1-3H3. The highest BCUT2D eigenvalue weighted by molar-refractivity contribution is 5.91. The number of nitrogens with zero attached hydrogens (tertiary/aromatic N) is 1. The zero-order chi connectivity index (χ0) is 8.01. The lowest BCUT2D eigenvalue weighted by Gasteiger charge is -1.94. The summed E-state index contributed by atoms with van der Waals surface area (Å²) in [6.07, 6.45) is 2.25. The largest absolute Gasteiger partial charge is 0.258 e. The third-order valence-corrected chi connectivity index (χ3v) is 2.47. The zero-order valence-electron chi connectivity index (χ0n) is 7.36. The summed E-state index contributed by atoms with van der Waals surface area (Å²) in [6, 6.07) is 0. The van der Waals surface area contributed by atoms with Gasteiger partial charge in [0, 0.05) is 12.1 Å². The van der Waals surface area contributed by atoms with Gasteiger partial charge in [-0.3, -0.25) is 4.99 Å². The topological polar surface area (TPSA) is 12.4 Å². The van der Waals surface area contributed by atoms with Gasteiger partial charge in [0.25, 0.3) is 0 Å². The van der Waals surface area contributed by atoms with Crippen LogP contribution in [0.2, 0.25) is 0 Å². The number of allylic oxidation sites excluding steroid dienone is 3. The van der Waals surface area contributed by atoms with E-state index < -0.39 is 0 Å². The van der Waals surface area contributed by atoms with E-state index in [1.807, 2.05) is 0 Å². The number of hydrogen-bond donors (Lipinski definition) is 0. The molecule has 1 aliphatic heterocycles. The van der Waals surface area contributed by atoms with Gasteiger partial charge >= 0.3 is 0 Å². The maximum absolute atomic E-state index is 4.52. The van der Waals surface area contributed by atoms with Crippen molar-refractivity contribution in [1.29, 1.82) is 0 Å². The van der Waals surface area contributed by atoms with Crippen LogP contribution in [-0.2, 0) is 0 Å². The molecule has 11 heavy (non-hydrogen) atoms. The fourth-order valence-corrected chi connectivity index (χ4v) is 1.93. The first kappa shape index (κ1) is 6.84. The molecule has 0 spiro atoms. The first-order valence-corrected chi connectivity index (χ1v) is 4.11. The van der Waals surface area contributed by atoms with Gasteiger partial charge in [-0.05, 0) is 38.3 Å². The average Bonchev–Trinajstić information content (AvgIpc) is 2.38. The van der Waals surface area contributed by atoms with Crippen molar-refractivity contribution in [2.24, 2.45) is 4.99 Å². The predicted molar refractivity (Wildman–Crippen MR) is 47.7 cm³/mol. The highest BCUT2D eigenvalue weighted by atomic mass is 14.8. The second kappa shape index (κ2) is 2.07. The maximum atomic E-state index is 4.52. The van der Waals surface area contributed by atoms with E-state index >= 15 is 0 Å². The Kier molecular flexibility index (Phi) is 1.28. The molecule has 0 saturated carbocycles. The van der Waals surface area contributed by atoms with E-state index in [0.29, 0.717) is 0 Å². The Bertz CT molecular complexity index is 303. The van der Waals surface area contributed by atoms with Crippen LogP contribution in [0, 0.1) is 0 Å². The predicted octanol–water partition coefficient (Wildman–Crippen LogP) is 2.85. The van der Waals surface area contributed by atoms with Gasteiger partial charge in [0.05, 0.1) is 5.70 Å². The number of fused-ring (bicyclic) bond motifs is 1. The molecule has 0 aromatic rings. The van der Waals surface area contributed by atoms with Gasteiger partial charge in [0.1, 0.15) is 0 Å². The van der Waals surface area contributed by atoms with Gasteiger partial charge in [0.15, 0.2) is 0 Å². The summed E-state index contributed by atoms with van der Waals surface area (Å²) in [5.41, 5.74) is 7.04. The summed E-state index contributed by atoms with van der Waals surface area (Å²) in [5, 5.41) is 0. The number of hydrogen-bond acceptors (Lipinski definition) is 1. The van der Waals surface area contributed by atoms with Crippen molar-refractivity contribution < 1.29 is 0 Å². The summed E-state index contributed by atoms with van der Waals surface area (Å²) in [7, 11) is 0. The van der Waals surface area contributed by atoms with Crippen LogP contribution >= 0.6 is 0 Å². The third-order valence-electron chi connectivity index (χ3n) is 2.47. The maximum Gasteiger partial charge on any atom is 0.0656 e. The second-order valence-corrected chi connectivity index (χ2v) is 3.59. The third kappa shape index (κ3) is 0.873. The molecular formula is C10H13N. The van der Waals surface area contributed by atoms with E-state index in [1.165, 1.54) is 28.1 Å². The summed E-state index contributed by atoms with van der Waals surface area (Å²) in [4.78, 5) is 4.52. The van der Waals surface area contributed by atoms with Crippen molar-refractivity contribution in [3.8, 4) is 0 Å². The number of rotatable bonds is 0. The molecule has 0 atom stereocenters. The molecule has 0 aromatic heterocycles. The first-order valence-electron chi connectivity index (χ1n) is 4.11. The molecule has 0 saturated heterocycles. The molecule has 0 N–H and O–H groups in total. The lowest BCUT2D eigenvalue weighted by Crippen LogP contribution is -1.84. The minimum Gasteiger partial charge on any atom is -0.258 e. The molecule has 2 aliphatic rings. The molecule has 0 radical (unpaired) electrons.